The fraction of sp³-hybridized carbons (Fsp3) is 0.700. The summed E-state index contributed by atoms with van der Waals surface area (Å²) in [6, 6.07) is 0. The first-order chi connectivity index (χ1) is 7.77. The molecule has 98 valence electrons. The largest absolute Gasteiger partial charge is 0.387 e. The van der Waals surface area contributed by atoms with E-state index in [1.165, 1.54) is 6.92 Å². The highest BCUT2D eigenvalue weighted by Gasteiger charge is 2.47. The van der Waals surface area contributed by atoms with Crippen molar-refractivity contribution < 1.29 is 35.1 Å². The highest BCUT2D eigenvalue weighted by atomic mass is 16.6. The minimum Gasteiger partial charge on any atom is -0.387 e. The third-order valence-electron chi connectivity index (χ3n) is 2.63. The van der Waals surface area contributed by atoms with E-state index in [0.717, 1.165) is 0 Å². The topological polar surface area (TPSA) is 127 Å². The molecule has 0 aromatic carbocycles. The van der Waals surface area contributed by atoms with E-state index in [0.29, 0.717) is 0 Å². The Balaban J connectivity index is 2.84. The van der Waals surface area contributed by atoms with E-state index in [9.17, 15) is 30.3 Å². The van der Waals surface area contributed by atoms with Gasteiger partial charge >= 0.3 is 0 Å². The zero-order valence-electron chi connectivity index (χ0n) is 9.22. The van der Waals surface area contributed by atoms with Gasteiger partial charge in [-0.2, -0.15) is 0 Å². The van der Waals surface area contributed by atoms with Crippen molar-refractivity contribution in [3.63, 3.8) is 0 Å². The van der Waals surface area contributed by atoms with Gasteiger partial charge in [-0.25, -0.2) is 0 Å². The van der Waals surface area contributed by atoms with Crippen LogP contribution in [0.2, 0.25) is 0 Å². The summed E-state index contributed by atoms with van der Waals surface area (Å²) >= 11 is 0. The molecule has 0 spiro atoms. The highest BCUT2D eigenvalue weighted by molar-refractivity contribution is 5.98. The monoisotopic (exact) mass is 248 g/mol. The molecule has 5 N–H and O–H groups in total. The van der Waals surface area contributed by atoms with Gasteiger partial charge in [0.1, 0.15) is 30.5 Å². The van der Waals surface area contributed by atoms with Gasteiger partial charge in [-0.3, -0.25) is 4.79 Å². The van der Waals surface area contributed by atoms with Gasteiger partial charge in [-0.15, -0.1) is 0 Å². The third-order valence-corrected chi connectivity index (χ3v) is 2.63. The number of carbonyl (C=O) groups excluding carboxylic acids is 1. The van der Waals surface area contributed by atoms with Crippen LogP contribution in [0.25, 0.3) is 0 Å². The molecular weight excluding hydrogens is 232 g/mol. The number of aliphatic hydroxyl groups excluding tert-OH is 5. The molecule has 0 amide bonds. The van der Waals surface area contributed by atoms with Crippen LogP contribution in [0.4, 0.5) is 0 Å². The molecule has 7 heteroatoms. The quantitative estimate of drug-likeness (QED) is 0.344. The van der Waals surface area contributed by atoms with Crippen molar-refractivity contribution in [2.75, 3.05) is 0 Å². The number of carbonyl (C=O) groups is 1. The average molecular weight is 248 g/mol. The van der Waals surface area contributed by atoms with Crippen LogP contribution < -0.4 is 0 Å². The zero-order chi connectivity index (χ0) is 13.3. The van der Waals surface area contributed by atoms with Gasteiger partial charge in [0.25, 0.3) is 0 Å². The van der Waals surface area contributed by atoms with Gasteiger partial charge in [0.05, 0.1) is 0 Å². The fourth-order valence-corrected chi connectivity index (χ4v) is 1.55. The molecule has 17 heavy (non-hydrogen) atoms. The maximum Gasteiger partial charge on any atom is 0.189 e. The van der Waals surface area contributed by atoms with Gasteiger partial charge in [0, 0.05) is 0 Å². The molecule has 1 aliphatic rings. The molecule has 0 aromatic heterocycles. The molecule has 0 aromatic rings. The van der Waals surface area contributed by atoms with E-state index >= 15 is 0 Å². The summed E-state index contributed by atoms with van der Waals surface area (Å²) in [5.41, 5.74) is 0.0448. The van der Waals surface area contributed by atoms with Crippen molar-refractivity contribution in [3.05, 3.63) is 12.2 Å². The van der Waals surface area contributed by atoms with Crippen LogP contribution in [0.1, 0.15) is 6.92 Å². The Morgan fingerprint density at radius 2 is 1.71 bits per heavy atom. The molecule has 6 atom stereocenters. The van der Waals surface area contributed by atoms with Crippen molar-refractivity contribution >= 4 is 5.78 Å². The van der Waals surface area contributed by atoms with Gasteiger partial charge in [0.15, 0.2) is 12.1 Å². The normalized spacial score (nSPS) is 39.8. The molecule has 1 fully saturated rings. The second-order valence-electron chi connectivity index (χ2n) is 4.05. The van der Waals surface area contributed by atoms with Crippen LogP contribution in [0.15, 0.2) is 12.2 Å². The van der Waals surface area contributed by atoms with Crippen LogP contribution in [-0.2, 0) is 9.53 Å². The molecule has 1 unspecified atom stereocenters. The summed E-state index contributed by atoms with van der Waals surface area (Å²) < 4.78 is 4.70. The van der Waals surface area contributed by atoms with Gasteiger partial charge < -0.3 is 30.3 Å². The first-order valence-corrected chi connectivity index (χ1v) is 5.03. The highest BCUT2D eigenvalue weighted by Crippen LogP contribution is 2.23. The Morgan fingerprint density at radius 1 is 1.18 bits per heavy atom. The lowest BCUT2D eigenvalue weighted by atomic mass is 9.92. The van der Waals surface area contributed by atoms with Gasteiger partial charge in [-0.1, -0.05) is 6.58 Å². The van der Waals surface area contributed by atoms with Crippen LogP contribution in [0.3, 0.4) is 0 Å². The van der Waals surface area contributed by atoms with Crippen molar-refractivity contribution in [2.45, 2.75) is 43.7 Å². The number of aliphatic hydroxyl groups is 5. The van der Waals surface area contributed by atoms with Crippen LogP contribution in [0, 0.1) is 0 Å². The number of ketones is 1. The predicted octanol–water partition coefficient (Wildman–Crippen LogP) is -2.71. The van der Waals surface area contributed by atoms with Crippen LogP contribution in [0.5, 0.6) is 0 Å². The molecule has 1 aliphatic heterocycles. The second kappa shape index (κ2) is 5.21. The molecule has 1 saturated heterocycles. The van der Waals surface area contributed by atoms with Crippen LogP contribution in [-0.4, -0.2) is 68.1 Å². The van der Waals surface area contributed by atoms with E-state index in [2.05, 4.69) is 6.58 Å². The number of rotatable bonds is 3. The smallest absolute Gasteiger partial charge is 0.189 e. The second-order valence-corrected chi connectivity index (χ2v) is 4.05. The van der Waals surface area contributed by atoms with E-state index in [1.54, 1.807) is 0 Å². The summed E-state index contributed by atoms with van der Waals surface area (Å²) in [5.74, 6) is -0.773. The first-order valence-electron chi connectivity index (χ1n) is 5.03. The molecule has 0 aliphatic carbocycles. The Morgan fingerprint density at radius 3 is 2.18 bits per heavy atom. The SMILES string of the molecule is C=C(C)C(=O)C(O)[C@H]1O[C@H](O)[C@@H](O)[C@@H](O)[C@@H]1O. The number of ether oxygens (including phenoxy) is 1. The zero-order valence-corrected chi connectivity index (χ0v) is 9.22. The fourth-order valence-electron chi connectivity index (χ4n) is 1.55. The maximum atomic E-state index is 11.4. The lowest BCUT2D eigenvalue weighted by Crippen LogP contribution is -2.61. The molecular formula is C10H16O7. The van der Waals surface area contributed by atoms with Gasteiger partial charge in [-0.05, 0) is 12.5 Å². The Kier molecular flexibility index (Phi) is 4.36. The Labute approximate surface area is 97.6 Å². The standard InChI is InChI=1S/C10H16O7/c1-3(2)4(11)6(13)9-7(14)5(12)8(15)10(16)17-9/h5-10,12-16H,1H2,2H3/t5-,6?,7-,8-,9+,10-/m0/s1. The molecule has 0 bridgehead atoms. The maximum absolute atomic E-state index is 11.4. The summed E-state index contributed by atoms with van der Waals surface area (Å²) in [5, 5.41) is 46.9. The van der Waals surface area contributed by atoms with Gasteiger partial charge in [0.2, 0.25) is 0 Å². The molecule has 0 saturated carbocycles. The number of hydrogen-bond donors (Lipinski definition) is 5. The first kappa shape index (κ1) is 14.2. The summed E-state index contributed by atoms with van der Waals surface area (Å²) in [4.78, 5) is 11.4. The molecule has 1 rings (SSSR count). The summed E-state index contributed by atoms with van der Waals surface area (Å²) in [7, 11) is 0. The average Bonchev–Trinajstić information content (AvgIpc) is 2.29. The van der Waals surface area contributed by atoms with Crippen molar-refractivity contribution in [1.82, 2.24) is 0 Å². The van der Waals surface area contributed by atoms with E-state index in [4.69, 9.17) is 4.74 Å². The minimum atomic E-state index is -1.79. The lowest BCUT2D eigenvalue weighted by molar-refractivity contribution is -0.293. The Hall–Kier alpha value is -0.830. The van der Waals surface area contributed by atoms with Crippen molar-refractivity contribution in [3.8, 4) is 0 Å². The number of Topliss-reactive ketones (excluding diaryl/α,β-unsaturated/α-hetero) is 1. The van der Waals surface area contributed by atoms with E-state index in [1.807, 2.05) is 0 Å². The molecule has 1 heterocycles. The minimum absolute atomic E-state index is 0.0448. The van der Waals surface area contributed by atoms with Crippen LogP contribution >= 0.6 is 0 Å². The van der Waals surface area contributed by atoms with Crippen molar-refractivity contribution in [1.29, 1.82) is 0 Å². The molecule has 0 radical (unpaired) electrons. The molecule has 7 nitrogen and oxygen atoms in total. The van der Waals surface area contributed by atoms with E-state index < -0.39 is 42.6 Å². The summed E-state index contributed by atoms with van der Waals surface area (Å²) in [6.07, 6.45) is -10.2. The van der Waals surface area contributed by atoms with Crippen molar-refractivity contribution in [2.24, 2.45) is 0 Å². The summed E-state index contributed by atoms with van der Waals surface area (Å²) in [6.45, 7) is 4.69. The predicted molar refractivity (Wildman–Crippen MR) is 54.7 cm³/mol. The number of hydrogen-bond acceptors (Lipinski definition) is 7. The lowest BCUT2D eigenvalue weighted by Gasteiger charge is -2.39. The van der Waals surface area contributed by atoms with E-state index in [-0.39, 0.29) is 5.57 Å². The Bertz CT molecular complexity index is 316. The third kappa shape index (κ3) is 2.71.